The summed E-state index contributed by atoms with van der Waals surface area (Å²) in [4.78, 5) is 14.7. The van der Waals surface area contributed by atoms with Gasteiger partial charge in [0.15, 0.2) is 0 Å². The molecule has 0 aliphatic heterocycles. The van der Waals surface area contributed by atoms with Crippen LogP contribution in [0.5, 0.6) is 0 Å². The zero-order valence-corrected chi connectivity index (χ0v) is 13.4. The number of hydrogen-bond donors (Lipinski definition) is 3. The van der Waals surface area contributed by atoms with Gasteiger partial charge in [0.2, 0.25) is 0 Å². The fourth-order valence-corrected chi connectivity index (χ4v) is 2.52. The molecule has 0 radical (unpaired) electrons. The topological polar surface area (TPSA) is 88.9 Å². The number of H-pyrrole nitrogens is 1. The molecule has 0 aliphatic carbocycles. The summed E-state index contributed by atoms with van der Waals surface area (Å²) in [6.07, 6.45) is 0.660. The molecule has 0 fully saturated rings. The zero-order valence-electron chi connectivity index (χ0n) is 13.4. The molecule has 1 amide bonds. The lowest BCUT2D eigenvalue weighted by Crippen LogP contribution is -2.28. The van der Waals surface area contributed by atoms with Gasteiger partial charge >= 0.3 is 0 Å². The maximum Gasteiger partial charge on any atom is 0.267 e. The first kappa shape index (κ1) is 16.5. The van der Waals surface area contributed by atoms with Crippen LogP contribution < -0.4 is 5.32 Å². The van der Waals surface area contributed by atoms with Crippen LogP contribution in [0.15, 0.2) is 66.9 Å². The molecule has 3 N–H and O–H groups in total. The standard InChI is InChI=1S/C20H17N3O2/c21-11-14-10-18(22-12-14)20(25)23-13-19(24)17-8-6-16(7-9-17)15-4-2-1-3-5-15/h1-10,12,19,22,24H,13H2,(H,23,25). The number of carbonyl (C=O) groups excluding carboxylic acids is 1. The molecule has 0 saturated heterocycles. The molecule has 1 aromatic heterocycles. The van der Waals surface area contributed by atoms with Gasteiger partial charge < -0.3 is 15.4 Å². The molecule has 25 heavy (non-hydrogen) atoms. The van der Waals surface area contributed by atoms with Gasteiger partial charge in [0.25, 0.3) is 5.91 Å². The minimum Gasteiger partial charge on any atom is -0.387 e. The lowest BCUT2D eigenvalue weighted by molar-refractivity contribution is 0.0912. The highest BCUT2D eigenvalue weighted by Gasteiger charge is 2.12. The monoisotopic (exact) mass is 331 g/mol. The first-order valence-corrected chi connectivity index (χ1v) is 7.87. The van der Waals surface area contributed by atoms with Crippen LogP contribution >= 0.6 is 0 Å². The van der Waals surface area contributed by atoms with Crippen LogP contribution in [0.2, 0.25) is 0 Å². The number of rotatable bonds is 5. The molecule has 2 aromatic carbocycles. The summed E-state index contributed by atoms with van der Waals surface area (Å²) in [5.74, 6) is -0.360. The third kappa shape index (κ3) is 3.94. The Morgan fingerprint density at radius 1 is 1.12 bits per heavy atom. The Morgan fingerprint density at radius 2 is 1.80 bits per heavy atom. The Bertz CT molecular complexity index is 893. The maximum absolute atomic E-state index is 12.0. The molecule has 3 aromatic rings. The predicted molar refractivity (Wildman–Crippen MR) is 94.7 cm³/mol. The second-order valence-corrected chi connectivity index (χ2v) is 5.63. The van der Waals surface area contributed by atoms with Gasteiger partial charge in [-0.2, -0.15) is 5.26 Å². The molecule has 0 saturated carbocycles. The zero-order chi connectivity index (χ0) is 17.6. The van der Waals surface area contributed by atoms with Gasteiger partial charge in [-0.15, -0.1) is 0 Å². The summed E-state index contributed by atoms with van der Waals surface area (Å²) in [5, 5.41) is 21.7. The average molecular weight is 331 g/mol. The second kappa shape index (κ2) is 7.47. The van der Waals surface area contributed by atoms with E-state index in [9.17, 15) is 9.90 Å². The van der Waals surface area contributed by atoms with E-state index < -0.39 is 6.10 Å². The molecule has 3 rings (SSSR count). The van der Waals surface area contributed by atoms with E-state index in [1.807, 2.05) is 60.7 Å². The molecule has 124 valence electrons. The van der Waals surface area contributed by atoms with Crippen molar-refractivity contribution >= 4 is 5.91 Å². The van der Waals surface area contributed by atoms with Crippen molar-refractivity contribution in [2.45, 2.75) is 6.10 Å². The normalized spacial score (nSPS) is 11.5. The number of aromatic amines is 1. The Kier molecular flexibility index (Phi) is 4.93. The maximum atomic E-state index is 12.0. The molecular weight excluding hydrogens is 314 g/mol. The van der Waals surface area contributed by atoms with Crippen molar-refractivity contribution in [3.8, 4) is 17.2 Å². The number of aliphatic hydroxyl groups excluding tert-OH is 1. The predicted octanol–water partition coefficient (Wildman–Crippen LogP) is 3.02. The van der Waals surface area contributed by atoms with Crippen LogP contribution in [-0.2, 0) is 0 Å². The van der Waals surface area contributed by atoms with E-state index in [0.717, 1.165) is 16.7 Å². The van der Waals surface area contributed by atoms with Crippen molar-refractivity contribution < 1.29 is 9.90 Å². The Labute approximate surface area is 145 Å². The average Bonchev–Trinajstić information content (AvgIpc) is 3.16. The van der Waals surface area contributed by atoms with E-state index in [0.29, 0.717) is 11.3 Å². The van der Waals surface area contributed by atoms with Crippen molar-refractivity contribution in [3.63, 3.8) is 0 Å². The number of nitrogens with one attached hydrogen (secondary N) is 2. The van der Waals surface area contributed by atoms with Crippen LogP contribution in [-0.4, -0.2) is 22.5 Å². The number of hydrogen-bond acceptors (Lipinski definition) is 3. The highest BCUT2D eigenvalue weighted by molar-refractivity contribution is 5.92. The van der Waals surface area contributed by atoms with Gasteiger partial charge in [0.1, 0.15) is 11.8 Å². The number of amides is 1. The minimum absolute atomic E-state index is 0.0877. The third-order valence-corrected chi connectivity index (χ3v) is 3.92. The van der Waals surface area contributed by atoms with Crippen molar-refractivity contribution in [1.29, 1.82) is 5.26 Å². The number of carbonyl (C=O) groups is 1. The number of aliphatic hydroxyl groups is 1. The van der Waals surface area contributed by atoms with E-state index in [-0.39, 0.29) is 12.5 Å². The highest BCUT2D eigenvalue weighted by atomic mass is 16.3. The van der Waals surface area contributed by atoms with Crippen molar-refractivity contribution in [1.82, 2.24) is 10.3 Å². The summed E-state index contributed by atoms with van der Waals surface area (Å²) < 4.78 is 0. The minimum atomic E-state index is -0.806. The van der Waals surface area contributed by atoms with E-state index in [4.69, 9.17) is 5.26 Å². The van der Waals surface area contributed by atoms with Gasteiger partial charge in [0, 0.05) is 12.7 Å². The molecular formula is C20H17N3O2. The summed E-state index contributed by atoms with van der Waals surface area (Å²) >= 11 is 0. The summed E-state index contributed by atoms with van der Waals surface area (Å²) in [7, 11) is 0. The second-order valence-electron chi connectivity index (χ2n) is 5.63. The van der Waals surface area contributed by atoms with Crippen LogP contribution in [0.25, 0.3) is 11.1 Å². The summed E-state index contributed by atoms with van der Waals surface area (Å²) in [5.41, 5.74) is 3.59. The van der Waals surface area contributed by atoms with Crippen molar-refractivity contribution in [2.75, 3.05) is 6.54 Å². The molecule has 1 heterocycles. The first-order chi connectivity index (χ1) is 12.2. The largest absolute Gasteiger partial charge is 0.387 e. The van der Waals surface area contributed by atoms with Gasteiger partial charge in [-0.1, -0.05) is 54.6 Å². The van der Waals surface area contributed by atoms with Crippen LogP contribution in [0.4, 0.5) is 0 Å². The number of aromatic nitrogens is 1. The smallest absolute Gasteiger partial charge is 0.267 e. The SMILES string of the molecule is N#Cc1c[nH]c(C(=O)NCC(O)c2ccc(-c3ccccc3)cc2)c1. The van der Waals surface area contributed by atoms with Gasteiger partial charge in [0.05, 0.1) is 11.7 Å². The Hall–Kier alpha value is -3.36. The number of nitriles is 1. The molecule has 0 bridgehead atoms. The number of benzene rings is 2. The van der Waals surface area contributed by atoms with Crippen molar-refractivity contribution in [3.05, 3.63) is 83.7 Å². The van der Waals surface area contributed by atoms with E-state index in [1.165, 1.54) is 12.3 Å². The summed E-state index contributed by atoms with van der Waals surface area (Å²) in [6, 6.07) is 21.0. The van der Waals surface area contributed by atoms with E-state index in [2.05, 4.69) is 10.3 Å². The Morgan fingerprint density at radius 3 is 2.44 bits per heavy atom. The number of nitrogens with zero attached hydrogens (tertiary/aromatic N) is 1. The Balaban J connectivity index is 1.60. The van der Waals surface area contributed by atoms with E-state index >= 15 is 0 Å². The first-order valence-electron chi connectivity index (χ1n) is 7.87. The van der Waals surface area contributed by atoms with Crippen LogP contribution in [0, 0.1) is 11.3 Å². The van der Waals surface area contributed by atoms with Gasteiger partial charge in [-0.05, 0) is 22.8 Å². The van der Waals surface area contributed by atoms with Crippen molar-refractivity contribution in [2.24, 2.45) is 0 Å². The fourth-order valence-electron chi connectivity index (χ4n) is 2.52. The molecule has 5 heteroatoms. The van der Waals surface area contributed by atoms with Gasteiger partial charge in [-0.3, -0.25) is 4.79 Å². The van der Waals surface area contributed by atoms with Crippen LogP contribution in [0.3, 0.4) is 0 Å². The quantitative estimate of drug-likeness (QED) is 0.671. The van der Waals surface area contributed by atoms with Crippen LogP contribution in [0.1, 0.15) is 27.7 Å². The fraction of sp³-hybridized carbons (Fsp3) is 0.100. The lowest BCUT2D eigenvalue weighted by Gasteiger charge is -2.12. The molecule has 1 atom stereocenters. The lowest BCUT2D eigenvalue weighted by atomic mass is 10.0. The molecule has 1 unspecified atom stereocenters. The summed E-state index contributed by atoms with van der Waals surface area (Å²) in [6.45, 7) is 0.0877. The highest BCUT2D eigenvalue weighted by Crippen LogP contribution is 2.21. The molecule has 0 spiro atoms. The third-order valence-electron chi connectivity index (χ3n) is 3.92. The van der Waals surface area contributed by atoms with E-state index in [1.54, 1.807) is 0 Å². The molecule has 0 aliphatic rings. The van der Waals surface area contributed by atoms with Gasteiger partial charge in [-0.25, -0.2) is 0 Å². The molecule has 5 nitrogen and oxygen atoms in total.